The zero-order valence-electron chi connectivity index (χ0n) is 18.3. The van der Waals surface area contributed by atoms with Crippen molar-refractivity contribution in [2.75, 3.05) is 20.3 Å². The fraction of sp³-hybridized carbons (Fsp3) is 0.167. The first-order chi connectivity index (χ1) is 16.4. The predicted octanol–water partition coefficient (Wildman–Crippen LogP) is 5.29. The highest BCUT2D eigenvalue weighted by molar-refractivity contribution is 8.18. The monoisotopic (exact) mass is 480 g/mol. The number of nitro groups is 1. The van der Waals surface area contributed by atoms with Crippen LogP contribution < -0.4 is 9.47 Å². The van der Waals surface area contributed by atoms with Crippen LogP contribution in [0.3, 0.4) is 0 Å². The number of para-hydroxylation sites is 2. The van der Waals surface area contributed by atoms with Gasteiger partial charge in [-0.1, -0.05) is 24.3 Å². The maximum absolute atomic E-state index is 12.7. The van der Waals surface area contributed by atoms with Crippen molar-refractivity contribution >= 4 is 34.7 Å². The molecule has 10 heteroatoms. The van der Waals surface area contributed by atoms with Gasteiger partial charge < -0.3 is 13.9 Å². The Morgan fingerprint density at radius 2 is 1.88 bits per heavy atom. The van der Waals surface area contributed by atoms with E-state index in [1.807, 2.05) is 6.07 Å². The molecular weight excluding hydrogens is 460 g/mol. The topological polar surface area (TPSA) is 112 Å². The molecule has 2 aromatic carbocycles. The number of furan rings is 1. The number of aryl methyl sites for hydroxylation is 1. The summed E-state index contributed by atoms with van der Waals surface area (Å²) in [5, 5.41) is 10.8. The molecule has 0 aliphatic carbocycles. The molecule has 3 aromatic rings. The van der Waals surface area contributed by atoms with Crippen LogP contribution in [-0.4, -0.2) is 41.2 Å². The van der Waals surface area contributed by atoms with E-state index in [1.165, 1.54) is 19.3 Å². The minimum Gasteiger partial charge on any atom is -0.493 e. The summed E-state index contributed by atoms with van der Waals surface area (Å²) in [5.41, 5.74) is 1.08. The van der Waals surface area contributed by atoms with Crippen LogP contribution in [0.1, 0.15) is 11.3 Å². The number of hydrogen-bond donors (Lipinski definition) is 0. The molecule has 9 nitrogen and oxygen atoms in total. The fourth-order valence-electron chi connectivity index (χ4n) is 3.35. The van der Waals surface area contributed by atoms with Crippen LogP contribution >= 0.6 is 11.8 Å². The van der Waals surface area contributed by atoms with Gasteiger partial charge in [0, 0.05) is 23.3 Å². The van der Waals surface area contributed by atoms with E-state index in [-0.39, 0.29) is 23.7 Å². The number of hydrogen-bond acceptors (Lipinski definition) is 8. The first-order valence-corrected chi connectivity index (χ1v) is 11.1. The number of ether oxygens (including phenoxy) is 2. The lowest BCUT2D eigenvalue weighted by Gasteiger charge is -2.14. The zero-order valence-corrected chi connectivity index (χ0v) is 19.2. The molecule has 34 heavy (non-hydrogen) atoms. The Balaban J connectivity index is 1.44. The van der Waals surface area contributed by atoms with E-state index in [2.05, 4.69) is 0 Å². The summed E-state index contributed by atoms with van der Waals surface area (Å²) in [6, 6.07) is 15.2. The van der Waals surface area contributed by atoms with Crippen LogP contribution in [0.15, 0.2) is 63.9 Å². The van der Waals surface area contributed by atoms with Crippen molar-refractivity contribution in [3.8, 4) is 22.8 Å². The zero-order chi connectivity index (χ0) is 24.2. The van der Waals surface area contributed by atoms with Crippen LogP contribution in [0.25, 0.3) is 17.4 Å². The number of nitrogens with zero attached hydrogens (tertiary/aromatic N) is 2. The average Bonchev–Trinajstić information content (AvgIpc) is 3.39. The molecule has 0 unspecified atom stereocenters. The number of rotatable bonds is 8. The third-order valence-corrected chi connectivity index (χ3v) is 6.01. The van der Waals surface area contributed by atoms with Gasteiger partial charge in [0.15, 0.2) is 11.5 Å². The molecule has 174 valence electrons. The smallest absolute Gasteiger partial charge is 0.293 e. The molecule has 1 aliphatic heterocycles. The van der Waals surface area contributed by atoms with Crippen LogP contribution in [-0.2, 0) is 4.79 Å². The Labute approximate surface area is 199 Å². The summed E-state index contributed by atoms with van der Waals surface area (Å²) < 4.78 is 16.6. The van der Waals surface area contributed by atoms with E-state index in [1.54, 1.807) is 49.4 Å². The maximum Gasteiger partial charge on any atom is 0.293 e. The van der Waals surface area contributed by atoms with Gasteiger partial charge in [-0.25, -0.2) is 0 Å². The van der Waals surface area contributed by atoms with Crippen LogP contribution in [0, 0.1) is 17.0 Å². The molecule has 1 fully saturated rings. The Hall–Kier alpha value is -4.05. The highest BCUT2D eigenvalue weighted by Gasteiger charge is 2.35. The van der Waals surface area contributed by atoms with Gasteiger partial charge in [0.05, 0.1) is 23.5 Å². The van der Waals surface area contributed by atoms with Gasteiger partial charge in [0.2, 0.25) is 0 Å². The van der Waals surface area contributed by atoms with Crippen molar-refractivity contribution in [1.82, 2.24) is 4.90 Å². The second kappa shape index (κ2) is 9.84. The van der Waals surface area contributed by atoms with E-state index >= 15 is 0 Å². The van der Waals surface area contributed by atoms with Gasteiger partial charge in [0.25, 0.3) is 16.8 Å². The Bertz CT molecular complexity index is 1300. The van der Waals surface area contributed by atoms with E-state index in [0.717, 1.165) is 16.7 Å². The van der Waals surface area contributed by atoms with Crippen LogP contribution in [0.5, 0.6) is 11.5 Å². The standard InChI is InChI=1S/C24H20N2O7S/c1-15-7-8-16(13-18(15)26(29)30)19-10-9-17(33-19)14-22-23(27)25(24(28)34-22)11-12-32-21-6-4-3-5-20(21)31-2/h3-10,13-14H,11-12H2,1-2H3/b22-14-. The summed E-state index contributed by atoms with van der Waals surface area (Å²) >= 11 is 0.813. The second-order valence-corrected chi connectivity index (χ2v) is 8.29. The number of carbonyl (C=O) groups excluding carboxylic acids is 2. The number of amides is 2. The molecule has 2 amide bonds. The maximum atomic E-state index is 12.7. The summed E-state index contributed by atoms with van der Waals surface area (Å²) in [4.78, 5) is 37.2. The lowest BCUT2D eigenvalue weighted by atomic mass is 10.1. The van der Waals surface area contributed by atoms with Crippen molar-refractivity contribution < 1.29 is 28.4 Å². The van der Waals surface area contributed by atoms with Crippen LogP contribution in [0.4, 0.5) is 10.5 Å². The first kappa shape index (κ1) is 23.1. The SMILES string of the molecule is COc1ccccc1OCCN1C(=O)S/C(=C\c2ccc(-c3ccc(C)c([N+](=O)[O-])c3)o2)C1=O. The average molecular weight is 480 g/mol. The molecule has 2 heterocycles. The largest absolute Gasteiger partial charge is 0.493 e. The van der Waals surface area contributed by atoms with E-state index in [9.17, 15) is 19.7 Å². The second-order valence-electron chi connectivity index (χ2n) is 7.29. The summed E-state index contributed by atoms with van der Waals surface area (Å²) in [7, 11) is 1.53. The molecule has 0 radical (unpaired) electrons. The summed E-state index contributed by atoms with van der Waals surface area (Å²) in [6.45, 7) is 1.85. The minimum absolute atomic E-state index is 0.00749. The minimum atomic E-state index is -0.448. The molecule has 0 bridgehead atoms. The Kier molecular flexibility index (Phi) is 6.69. The van der Waals surface area contributed by atoms with Gasteiger partial charge in [-0.3, -0.25) is 24.6 Å². The Morgan fingerprint density at radius 1 is 1.12 bits per heavy atom. The number of methoxy groups -OCH3 is 1. The third-order valence-electron chi connectivity index (χ3n) is 5.11. The molecule has 0 atom stereocenters. The molecule has 0 spiro atoms. The fourth-order valence-corrected chi connectivity index (χ4v) is 4.20. The van der Waals surface area contributed by atoms with Gasteiger partial charge in [-0.2, -0.15) is 0 Å². The molecule has 1 aromatic heterocycles. The van der Waals surface area contributed by atoms with Crippen LogP contribution in [0.2, 0.25) is 0 Å². The lowest BCUT2D eigenvalue weighted by Crippen LogP contribution is -2.32. The third kappa shape index (κ3) is 4.81. The predicted molar refractivity (Wildman–Crippen MR) is 127 cm³/mol. The molecule has 4 rings (SSSR count). The number of carbonyl (C=O) groups is 2. The van der Waals surface area contributed by atoms with E-state index in [4.69, 9.17) is 13.9 Å². The molecule has 1 saturated heterocycles. The lowest BCUT2D eigenvalue weighted by molar-refractivity contribution is -0.385. The van der Waals surface area contributed by atoms with Crippen molar-refractivity contribution in [3.05, 3.63) is 80.9 Å². The van der Waals surface area contributed by atoms with Gasteiger partial charge in [0.1, 0.15) is 18.1 Å². The molecule has 1 aliphatic rings. The highest BCUT2D eigenvalue weighted by Crippen LogP contribution is 2.34. The van der Waals surface area contributed by atoms with Gasteiger partial charge in [-0.15, -0.1) is 0 Å². The van der Waals surface area contributed by atoms with Crippen molar-refractivity contribution in [2.45, 2.75) is 6.92 Å². The van der Waals surface area contributed by atoms with Crippen molar-refractivity contribution in [2.24, 2.45) is 0 Å². The first-order valence-electron chi connectivity index (χ1n) is 10.2. The molecular formula is C24H20N2O7S. The number of benzene rings is 2. The number of nitro benzene ring substituents is 1. The van der Waals surface area contributed by atoms with Crippen molar-refractivity contribution in [1.29, 1.82) is 0 Å². The highest BCUT2D eigenvalue weighted by atomic mass is 32.2. The van der Waals surface area contributed by atoms with E-state index in [0.29, 0.717) is 34.1 Å². The van der Waals surface area contributed by atoms with E-state index < -0.39 is 16.1 Å². The molecule has 0 saturated carbocycles. The van der Waals surface area contributed by atoms with Crippen molar-refractivity contribution in [3.63, 3.8) is 0 Å². The summed E-state index contributed by atoms with van der Waals surface area (Å²) in [5.74, 6) is 1.41. The number of imide groups is 1. The molecule has 0 N–H and O–H groups in total. The quantitative estimate of drug-likeness (QED) is 0.243. The summed E-state index contributed by atoms with van der Waals surface area (Å²) in [6.07, 6.45) is 1.48. The Morgan fingerprint density at radius 3 is 2.62 bits per heavy atom. The normalized spacial score (nSPS) is 14.6. The van der Waals surface area contributed by atoms with Gasteiger partial charge in [-0.05, 0) is 43.0 Å². The number of thioether (sulfide) groups is 1. The van der Waals surface area contributed by atoms with Gasteiger partial charge >= 0.3 is 0 Å².